The van der Waals surface area contributed by atoms with E-state index in [1.165, 1.54) is 18.3 Å². The smallest absolute Gasteiger partial charge is 0.267 e. The lowest BCUT2D eigenvalue weighted by Gasteiger charge is -2.35. The summed E-state index contributed by atoms with van der Waals surface area (Å²) in [7, 11) is 0. The molecular weight excluding hydrogens is 349 g/mol. The van der Waals surface area contributed by atoms with Crippen molar-refractivity contribution in [2.45, 2.75) is 26.1 Å². The van der Waals surface area contributed by atoms with Crippen molar-refractivity contribution in [2.24, 2.45) is 5.73 Å². The van der Waals surface area contributed by atoms with Crippen LogP contribution in [0.4, 0.5) is 4.39 Å². The fourth-order valence-electron chi connectivity index (χ4n) is 3.30. The quantitative estimate of drug-likeness (QED) is 0.842. The number of pyridine rings is 1. The number of rotatable bonds is 6. The summed E-state index contributed by atoms with van der Waals surface area (Å²) < 4.78 is 24.9. The zero-order valence-electron chi connectivity index (χ0n) is 15.5. The number of halogens is 1. The average Bonchev–Trinajstić information content (AvgIpc) is 2.62. The normalized spacial score (nSPS) is 20.4. The number of amides is 1. The van der Waals surface area contributed by atoms with Gasteiger partial charge in [-0.05, 0) is 37.6 Å². The van der Waals surface area contributed by atoms with Gasteiger partial charge in [0, 0.05) is 25.2 Å². The predicted molar refractivity (Wildman–Crippen MR) is 100 cm³/mol. The summed E-state index contributed by atoms with van der Waals surface area (Å²) >= 11 is 0. The van der Waals surface area contributed by atoms with Crippen molar-refractivity contribution < 1.29 is 18.7 Å². The molecule has 7 heteroatoms. The Kier molecular flexibility index (Phi) is 6.03. The molecule has 27 heavy (non-hydrogen) atoms. The number of nitrogens with two attached hydrogens (primary N) is 1. The Balaban J connectivity index is 1.74. The number of morpholine rings is 1. The fourth-order valence-corrected chi connectivity index (χ4v) is 3.30. The van der Waals surface area contributed by atoms with E-state index >= 15 is 0 Å². The molecule has 0 aliphatic carbocycles. The van der Waals surface area contributed by atoms with Gasteiger partial charge in [0.15, 0.2) is 0 Å². The van der Waals surface area contributed by atoms with Crippen LogP contribution in [-0.4, -0.2) is 54.2 Å². The van der Waals surface area contributed by atoms with Crippen molar-refractivity contribution in [1.82, 2.24) is 9.88 Å². The monoisotopic (exact) mass is 373 g/mol. The molecule has 0 radical (unpaired) electrons. The number of hydrogen-bond acceptors (Lipinski definition) is 5. The summed E-state index contributed by atoms with van der Waals surface area (Å²) in [5, 5.41) is 0. The molecule has 3 rings (SSSR count). The first-order valence-corrected chi connectivity index (χ1v) is 8.99. The SMILES string of the molecule is C[C@@H]1CN(CCOc2cnc(C(N)=O)cc2-c2ccc(F)cc2)C[C@H](C)O1. The number of ether oxygens (including phenoxy) is 2. The van der Waals surface area contributed by atoms with Crippen molar-refractivity contribution in [2.75, 3.05) is 26.2 Å². The largest absolute Gasteiger partial charge is 0.490 e. The van der Waals surface area contributed by atoms with Gasteiger partial charge in [0.25, 0.3) is 5.91 Å². The van der Waals surface area contributed by atoms with E-state index in [0.29, 0.717) is 17.9 Å². The molecular formula is C20H24FN3O3. The van der Waals surface area contributed by atoms with E-state index in [9.17, 15) is 9.18 Å². The second-order valence-corrected chi connectivity index (χ2v) is 6.80. The van der Waals surface area contributed by atoms with Gasteiger partial charge in [-0.2, -0.15) is 0 Å². The molecule has 1 amide bonds. The minimum Gasteiger partial charge on any atom is -0.490 e. The lowest BCUT2D eigenvalue weighted by Crippen LogP contribution is -2.46. The van der Waals surface area contributed by atoms with Gasteiger partial charge in [-0.25, -0.2) is 9.37 Å². The molecule has 0 saturated carbocycles. The van der Waals surface area contributed by atoms with E-state index in [1.807, 2.05) is 0 Å². The lowest BCUT2D eigenvalue weighted by molar-refractivity contribution is -0.0699. The molecule has 1 fully saturated rings. The standard InChI is InChI=1S/C20H24FN3O3/c1-13-11-24(12-14(2)27-13)7-8-26-19-10-23-18(20(22)25)9-17(19)15-3-5-16(21)6-4-15/h3-6,9-10,13-14H,7-8,11-12H2,1-2H3,(H2,22,25)/t13-,14+. The zero-order valence-corrected chi connectivity index (χ0v) is 15.5. The molecule has 1 saturated heterocycles. The second-order valence-electron chi connectivity index (χ2n) is 6.80. The Labute approximate surface area is 158 Å². The molecule has 2 N–H and O–H groups in total. The predicted octanol–water partition coefficient (Wildman–Crippen LogP) is 2.47. The summed E-state index contributed by atoms with van der Waals surface area (Å²) in [4.78, 5) is 17.8. The molecule has 0 unspecified atom stereocenters. The summed E-state index contributed by atoms with van der Waals surface area (Å²) in [5.41, 5.74) is 6.86. The highest BCUT2D eigenvalue weighted by Gasteiger charge is 2.22. The summed E-state index contributed by atoms with van der Waals surface area (Å²) in [6.45, 7) is 7.05. The van der Waals surface area contributed by atoms with Crippen molar-refractivity contribution in [3.8, 4) is 16.9 Å². The molecule has 1 aliphatic heterocycles. The Morgan fingerprint density at radius 3 is 2.59 bits per heavy atom. The third kappa shape index (κ3) is 5.02. The molecule has 2 atom stereocenters. The van der Waals surface area contributed by atoms with Crippen molar-refractivity contribution in [1.29, 1.82) is 0 Å². The molecule has 2 aromatic rings. The number of hydrogen-bond donors (Lipinski definition) is 1. The first kappa shape index (κ1) is 19.3. The molecule has 2 heterocycles. The third-order valence-corrected chi connectivity index (χ3v) is 4.44. The molecule has 1 aliphatic rings. The van der Waals surface area contributed by atoms with Gasteiger partial charge in [0.1, 0.15) is 23.9 Å². The van der Waals surface area contributed by atoms with Crippen LogP contribution < -0.4 is 10.5 Å². The lowest BCUT2D eigenvalue weighted by atomic mass is 10.0. The van der Waals surface area contributed by atoms with Gasteiger partial charge in [-0.15, -0.1) is 0 Å². The average molecular weight is 373 g/mol. The highest BCUT2D eigenvalue weighted by molar-refractivity contribution is 5.92. The summed E-state index contributed by atoms with van der Waals surface area (Å²) in [5.74, 6) is -0.428. The Morgan fingerprint density at radius 1 is 1.30 bits per heavy atom. The first-order valence-electron chi connectivity index (χ1n) is 8.99. The van der Waals surface area contributed by atoms with Gasteiger partial charge in [0.05, 0.1) is 18.4 Å². The van der Waals surface area contributed by atoms with Crippen LogP contribution in [0.1, 0.15) is 24.3 Å². The van der Waals surface area contributed by atoms with Crippen LogP contribution in [0.5, 0.6) is 5.75 Å². The van der Waals surface area contributed by atoms with Crippen molar-refractivity contribution in [3.63, 3.8) is 0 Å². The maximum absolute atomic E-state index is 13.2. The van der Waals surface area contributed by atoms with Crippen molar-refractivity contribution >= 4 is 5.91 Å². The van der Waals surface area contributed by atoms with Crippen LogP contribution in [0.15, 0.2) is 36.5 Å². The second kappa shape index (κ2) is 8.45. The maximum atomic E-state index is 13.2. The Morgan fingerprint density at radius 2 is 1.96 bits per heavy atom. The minimum atomic E-state index is -0.624. The molecule has 0 bridgehead atoms. The van der Waals surface area contributed by atoms with Crippen LogP contribution in [0, 0.1) is 5.82 Å². The number of carbonyl (C=O) groups excluding carboxylic acids is 1. The van der Waals surface area contributed by atoms with Gasteiger partial charge in [-0.3, -0.25) is 9.69 Å². The Bertz CT molecular complexity index is 788. The topological polar surface area (TPSA) is 77.7 Å². The van der Waals surface area contributed by atoms with E-state index < -0.39 is 5.91 Å². The fraction of sp³-hybridized carbons (Fsp3) is 0.400. The van der Waals surface area contributed by atoms with E-state index in [0.717, 1.165) is 25.2 Å². The van der Waals surface area contributed by atoms with Crippen LogP contribution in [0.25, 0.3) is 11.1 Å². The summed E-state index contributed by atoms with van der Waals surface area (Å²) in [6.07, 6.45) is 1.88. The number of primary amides is 1. The molecule has 1 aromatic heterocycles. The van der Waals surface area contributed by atoms with E-state index in [4.69, 9.17) is 15.2 Å². The van der Waals surface area contributed by atoms with Crippen LogP contribution >= 0.6 is 0 Å². The van der Waals surface area contributed by atoms with Crippen LogP contribution in [0.3, 0.4) is 0 Å². The van der Waals surface area contributed by atoms with E-state index in [1.54, 1.807) is 18.2 Å². The molecule has 0 spiro atoms. The number of carbonyl (C=O) groups is 1. The highest BCUT2D eigenvalue weighted by Crippen LogP contribution is 2.30. The highest BCUT2D eigenvalue weighted by atomic mass is 19.1. The minimum absolute atomic E-state index is 0.137. The van der Waals surface area contributed by atoms with E-state index in [2.05, 4.69) is 23.7 Å². The third-order valence-electron chi connectivity index (χ3n) is 4.44. The Hall–Kier alpha value is -2.51. The van der Waals surface area contributed by atoms with Gasteiger partial charge < -0.3 is 15.2 Å². The number of benzene rings is 1. The van der Waals surface area contributed by atoms with Gasteiger partial charge >= 0.3 is 0 Å². The maximum Gasteiger partial charge on any atom is 0.267 e. The van der Waals surface area contributed by atoms with E-state index in [-0.39, 0.29) is 23.7 Å². The summed E-state index contributed by atoms with van der Waals surface area (Å²) in [6, 6.07) is 7.56. The van der Waals surface area contributed by atoms with Gasteiger partial charge in [0.2, 0.25) is 0 Å². The molecule has 144 valence electrons. The van der Waals surface area contributed by atoms with Crippen LogP contribution in [-0.2, 0) is 4.74 Å². The molecule has 1 aromatic carbocycles. The molecule has 6 nitrogen and oxygen atoms in total. The zero-order chi connectivity index (χ0) is 19.4. The van der Waals surface area contributed by atoms with Crippen LogP contribution in [0.2, 0.25) is 0 Å². The van der Waals surface area contributed by atoms with Gasteiger partial charge in [-0.1, -0.05) is 12.1 Å². The van der Waals surface area contributed by atoms with Crippen molar-refractivity contribution in [3.05, 3.63) is 48.0 Å². The number of nitrogens with zero attached hydrogens (tertiary/aromatic N) is 2. The first-order chi connectivity index (χ1) is 12.9. The number of aromatic nitrogens is 1.